The van der Waals surface area contributed by atoms with Gasteiger partial charge in [0.2, 0.25) is 0 Å². The van der Waals surface area contributed by atoms with Gasteiger partial charge in [-0.1, -0.05) is 107 Å². The van der Waals surface area contributed by atoms with Crippen molar-refractivity contribution in [2.75, 3.05) is 109 Å². The molecule has 0 aliphatic carbocycles. The van der Waals surface area contributed by atoms with Crippen molar-refractivity contribution in [3.05, 3.63) is 144 Å². The molecule has 9 rings (SSSR count). The second kappa shape index (κ2) is 30.5. The molecule has 2 aliphatic rings. The largest absolute Gasteiger partial charge is 0.494 e. The van der Waals surface area contributed by atoms with Crippen molar-refractivity contribution in [1.82, 2.24) is 19.9 Å². The fourth-order valence-corrected chi connectivity index (χ4v) is 11.5. The summed E-state index contributed by atoms with van der Waals surface area (Å²) in [5, 5.41) is 0. The molecular formula is C76H100N7O4+3. The van der Waals surface area contributed by atoms with Crippen molar-refractivity contribution in [1.29, 1.82) is 0 Å². The molecule has 11 heteroatoms. The zero-order chi connectivity index (χ0) is 61.2. The van der Waals surface area contributed by atoms with E-state index in [4.69, 9.17) is 28.9 Å². The minimum atomic E-state index is 0.673. The lowest BCUT2D eigenvalue weighted by molar-refractivity contribution is -0.870. The molecule has 0 radical (unpaired) electrons. The number of nitrogens with zero attached hydrogens (tertiary/aromatic N) is 5. The first-order chi connectivity index (χ1) is 42.0. The second-order valence-corrected chi connectivity index (χ2v) is 27.0. The van der Waals surface area contributed by atoms with E-state index in [2.05, 4.69) is 226 Å². The number of aromatic nitrogens is 4. The molecule has 2 aliphatic heterocycles. The van der Waals surface area contributed by atoms with Crippen molar-refractivity contribution in [3.8, 4) is 67.5 Å². The van der Waals surface area contributed by atoms with Gasteiger partial charge in [-0.05, 0) is 164 Å². The molecule has 3 aromatic heterocycles. The van der Waals surface area contributed by atoms with Crippen LogP contribution in [-0.4, -0.2) is 143 Å². The van der Waals surface area contributed by atoms with Gasteiger partial charge >= 0.3 is 0 Å². The van der Waals surface area contributed by atoms with Crippen LogP contribution < -0.4 is 18.9 Å². The number of hydrogen-bond donors (Lipinski definition) is 2. The minimum absolute atomic E-state index is 0.673. The molecule has 7 aromatic rings. The van der Waals surface area contributed by atoms with Gasteiger partial charge in [0, 0.05) is 44.3 Å². The van der Waals surface area contributed by atoms with Crippen molar-refractivity contribution >= 4 is 46.4 Å². The third-order valence-electron chi connectivity index (χ3n) is 16.3. The van der Waals surface area contributed by atoms with Gasteiger partial charge < -0.3 is 42.4 Å². The van der Waals surface area contributed by atoms with Gasteiger partial charge in [0.1, 0.15) is 23.0 Å². The third-order valence-corrected chi connectivity index (χ3v) is 16.3. The predicted octanol–water partition coefficient (Wildman–Crippen LogP) is 17.8. The topological polar surface area (TPSA) is 94.3 Å². The highest BCUT2D eigenvalue weighted by molar-refractivity contribution is 6.00. The normalized spacial score (nSPS) is 12.5. The molecule has 0 atom stereocenters. The Kier molecular flexibility index (Phi) is 22.4. The van der Waals surface area contributed by atoms with E-state index in [1.165, 1.54) is 51.4 Å². The maximum Gasteiger partial charge on any atom is 0.119 e. The van der Waals surface area contributed by atoms with Crippen LogP contribution >= 0.6 is 0 Å². The lowest BCUT2D eigenvalue weighted by Gasteiger charge is -2.23. The van der Waals surface area contributed by atoms with Crippen LogP contribution in [0.2, 0.25) is 0 Å². The van der Waals surface area contributed by atoms with Crippen LogP contribution in [0.25, 0.3) is 90.9 Å². The summed E-state index contributed by atoms with van der Waals surface area (Å²) in [4.78, 5) is 19.1. The Morgan fingerprint density at radius 1 is 0.287 bits per heavy atom. The summed E-state index contributed by atoms with van der Waals surface area (Å²) in [5.74, 6) is 3.43. The van der Waals surface area contributed by atoms with Crippen LogP contribution in [0.4, 0.5) is 0 Å². The second-order valence-electron chi connectivity index (χ2n) is 27.0. The molecule has 8 bridgehead atoms. The highest BCUT2D eigenvalue weighted by atomic mass is 16.5. The zero-order valence-corrected chi connectivity index (χ0v) is 54.3. The molecule has 0 spiro atoms. The number of quaternary nitrogens is 3. The third kappa shape index (κ3) is 19.0. The van der Waals surface area contributed by atoms with E-state index < -0.39 is 0 Å². The fraction of sp³-hybridized carbons (Fsp3) is 0.421. The minimum Gasteiger partial charge on any atom is -0.494 e. The van der Waals surface area contributed by atoms with Crippen LogP contribution in [0.3, 0.4) is 0 Å². The Morgan fingerprint density at radius 2 is 0.517 bits per heavy atom. The lowest BCUT2D eigenvalue weighted by Crippen LogP contribution is -2.35. The molecule has 4 aromatic carbocycles. The van der Waals surface area contributed by atoms with Gasteiger partial charge in [-0.2, -0.15) is 0 Å². The van der Waals surface area contributed by atoms with Crippen LogP contribution in [0, 0.1) is 0 Å². The van der Waals surface area contributed by atoms with Gasteiger partial charge in [-0.15, -0.1) is 0 Å². The summed E-state index contributed by atoms with van der Waals surface area (Å²) in [6, 6.07) is 42.9. The number of unbranched alkanes of at least 4 members (excludes halogenated alkanes) is 11. The maximum absolute atomic E-state index is 6.38. The van der Waals surface area contributed by atoms with E-state index in [9.17, 15) is 0 Å². The van der Waals surface area contributed by atoms with E-state index in [0.29, 0.717) is 26.4 Å². The number of fused-ring (bicyclic) bond motifs is 8. The van der Waals surface area contributed by atoms with Crippen molar-refractivity contribution < 1.29 is 32.4 Å². The molecule has 2 N–H and O–H groups in total. The van der Waals surface area contributed by atoms with Crippen molar-refractivity contribution in [2.45, 2.75) is 103 Å². The lowest BCUT2D eigenvalue weighted by atomic mass is 10.0. The molecule has 460 valence electrons. The summed E-state index contributed by atoms with van der Waals surface area (Å²) < 4.78 is 28.2. The van der Waals surface area contributed by atoms with E-state index >= 15 is 0 Å². The first-order valence-corrected chi connectivity index (χ1v) is 32.5. The number of rotatable bonds is 33. The van der Waals surface area contributed by atoms with Crippen molar-refractivity contribution in [2.24, 2.45) is 0 Å². The number of H-pyrrole nitrogens is 2. The average Bonchev–Trinajstić information content (AvgIpc) is 1.85. The molecule has 11 nitrogen and oxygen atoms in total. The van der Waals surface area contributed by atoms with E-state index in [1.807, 2.05) is 0 Å². The van der Waals surface area contributed by atoms with E-state index in [1.54, 1.807) is 0 Å². The van der Waals surface area contributed by atoms with Gasteiger partial charge in [0.15, 0.2) is 0 Å². The van der Waals surface area contributed by atoms with Gasteiger partial charge in [-0.3, -0.25) is 0 Å². The summed E-state index contributed by atoms with van der Waals surface area (Å²) >= 11 is 0. The van der Waals surface area contributed by atoms with Gasteiger partial charge in [-0.25, -0.2) is 9.97 Å². The number of nitrogens with one attached hydrogen (secondary N) is 2. The number of ether oxygens (including phenoxy) is 4. The maximum atomic E-state index is 6.38. The Hall–Kier alpha value is -7.44. The Morgan fingerprint density at radius 3 is 0.759 bits per heavy atom. The van der Waals surface area contributed by atoms with Crippen LogP contribution in [0.15, 0.2) is 121 Å². The smallest absolute Gasteiger partial charge is 0.119 e. The number of hydrogen-bond acceptors (Lipinski definition) is 6. The Balaban J connectivity index is 1.15. The number of aromatic amines is 2. The Labute approximate surface area is 520 Å². The SMILES string of the molecule is CCCCCCCCCCCOc1ccc(-c2c3nc(c(-c4ccc(OCCCC[N+](C)(C)C)cc4)c4ccc([nH]4)c(-c4ccc(OCCCC[N+](C)(C)C)cc4)c4nc(c(-c5ccc(OCCCC[N+](C)(C)C)cc5)c5ccc2[nH]5)C=C4)C=C3)cc1. The summed E-state index contributed by atoms with van der Waals surface area (Å²) in [7, 11) is 20.1. The van der Waals surface area contributed by atoms with Gasteiger partial charge in [0.25, 0.3) is 0 Å². The van der Waals surface area contributed by atoms with Crippen LogP contribution in [0.1, 0.15) is 126 Å². The highest BCUT2D eigenvalue weighted by Gasteiger charge is 2.20. The molecule has 5 heterocycles. The highest BCUT2D eigenvalue weighted by Crippen LogP contribution is 2.40. The molecule has 0 fully saturated rings. The fourth-order valence-electron chi connectivity index (χ4n) is 11.5. The van der Waals surface area contributed by atoms with Gasteiger partial charge in [0.05, 0.1) is 132 Å². The molecule has 0 saturated heterocycles. The standard InChI is InChI=1S/C76H100N7O4/c1-11-12-13-14-15-16-17-18-22-53-84-61-34-26-57(27-35-61)73-65-42-44-67(77-65)74(58-28-36-62(37-29-58)85-54-23-19-50-81(2,3)4)69-46-48-71(79-69)76(60-32-40-64(41-33-60)87-56-25-21-52-83(8,9)10)72-49-47-70(80-72)75(68-45-43-66(73)78-68)59-30-38-63(39-31-59)86-55-24-20-51-82(5,6)7/h26-49,77,80H,11-25,50-56H2,1-10H3/q+3. The molecular weight excluding hydrogens is 1070 g/mol. The Bertz CT molecular complexity index is 3470. The van der Waals surface area contributed by atoms with Crippen LogP contribution in [-0.2, 0) is 0 Å². The first-order valence-electron chi connectivity index (χ1n) is 32.5. The first kappa shape index (κ1) is 64.0. The zero-order valence-electron chi connectivity index (χ0n) is 54.3. The average molecular weight is 1180 g/mol. The molecule has 0 unspecified atom stereocenters. The monoisotopic (exact) mass is 1170 g/mol. The van der Waals surface area contributed by atoms with E-state index in [-0.39, 0.29) is 0 Å². The predicted molar refractivity (Wildman–Crippen MR) is 366 cm³/mol. The molecule has 87 heavy (non-hydrogen) atoms. The summed E-state index contributed by atoms with van der Waals surface area (Å²) in [6.07, 6.45) is 26.5. The quantitative estimate of drug-likeness (QED) is 0.0314. The van der Waals surface area contributed by atoms with Crippen LogP contribution in [0.5, 0.6) is 23.0 Å². The molecule has 0 amide bonds. The van der Waals surface area contributed by atoms with E-state index in [0.717, 1.165) is 190 Å². The molecule has 0 saturated carbocycles. The van der Waals surface area contributed by atoms with Crippen molar-refractivity contribution in [3.63, 3.8) is 0 Å². The summed E-state index contributed by atoms with van der Waals surface area (Å²) in [5.41, 5.74) is 15.2. The summed E-state index contributed by atoms with van der Waals surface area (Å²) in [6.45, 7) is 8.34. The number of benzene rings is 4.